The number of hydrogen-bond acceptors (Lipinski definition) is 3. The first kappa shape index (κ1) is 23.5. The molecule has 3 heteroatoms. The van der Waals surface area contributed by atoms with Gasteiger partial charge >= 0.3 is 0 Å². The Bertz CT molecular complexity index is 822. The van der Waals surface area contributed by atoms with Crippen LogP contribution in [0.3, 0.4) is 0 Å². The Kier molecular flexibility index (Phi) is 9.56. The van der Waals surface area contributed by atoms with Crippen molar-refractivity contribution >= 4 is 0 Å². The first-order chi connectivity index (χ1) is 15.2. The van der Waals surface area contributed by atoms with Gasteiger partial charge in [-0.3, -0.25) is 0 Å². The lowest BCUT2D eigenvalue weighted by Gasteiger charge is -2.27. The first-order valence-corrected chi connectivity index (χ1v) is 12.2. The summed E-state index contributed by atoms with van der Waals surface area (Å²) in [5, 5.41) is 9.29. The van der Waals surface area contributed by atoms with Gasteiger partial charge < -0.3 is 5.11 Å². The normalized spacial score (nSPS) is 19.5. The van der Waals surface area contributed by atoms with E-state index in [1.165, 1.54) is 51.4 Å². The molecule has 3 nitrogen and oxygen atoms in total. The summed E-state index contributed by atoms with van der Waals surface area (Å²) in [5.41, 5.74) is 3.22. The van der Waals surface area contributed by atoms with Crippen molar-refractivity contribution in [2.75, 3.05) is 0 Å². The van der Waals surface area contributed by atoms with Crippen LogP contribution in [0.2, 0.25) is 0 Å². The minimum absolute atomic E-state index is 0.236. The van der Waals surface area contributed by atoms with E-state index in [9.17, 15) is 5.11 Å². The highest BCUT2D eigenvalue weighted by Crippen LogP contribution is 2.36. The topological polar surface area (TPSA) is 46.0 Å². The molecular formula is C28H38N2O. The fraction of sp³-hybridized carbons (Fsp3) is 0.571. The van der Waals surface area contributed by atoms with E-state index < -0.39 is 0 Å². The lowest BCUT2D eigenvalue weighted by Crippen LogP contribution is -2.15. The standard InChI is InChI=1S/C28H38N2O/c1-3-4-6-10-23-14-18-26(19-15-23)28-29-20-27(21-30-28)25-16-12-24(13-17-25)11-8-5-7-9-22(2)31/h12-13,16-17,20-23,26,31H,3-7,9-10,14-15,18-19H2,1-2H3. The van der Waals surface area contributed by atoms with E-state index in [2.05, 4.69) is 43.0 Å². The summed E-state index contributed by atoms with van der Waals surface area (Å²) in [7, 11) is 0. The second kappa shape index (κ2) is 12.6. The van der Waals surface area contributed by atoms with Gasteiger partial charge in [0.05, 0.1) is 6.10 Å². The monoisotopic (exact) mass is 418 g/mol. The van der Waals surface area contributed by atoms with Gasteiger partial charge in [0.2, 0.25) is 0 Å². The number of hydrogen-bond donors (Lipinski definition) is 1. The lowest BCUT2D eigenvalue weighted by molar-refractivity contribution is 0.182. The molecule has 2 aromatic rings. The van der Waals surface area contributed by atoms with Gasteiger partial charge in [-0.2, -0.15) is 0 Å². The van der Waals surface area contributed by atoms with Crippen LogP contribution in [0.15, 0.2) is 36.7 Å². The Balaban J connectivity index is 1.49. The first-order valence-electron chi connectivity index (χ1n) is 12.2. The highest BCUT2D eigenvalue weighted by molar-refractivity contribution is 5.62. The highest BCUT2D eigenvalue weighted by Gasteiger charge is 2.23. The molecule has 1 atom stereocenters. The molecule has 1 heterocycles. The summed E-state index contributed by atoms with van der Waals surface area (Å²) < 4.78 is 0. The molecule has 31 heavy (non-hydrogen) atoms. The van der Waals surface area contributed by atoms with E-state index in [1.54, 1.807) is 0 Å². The molecule has 1 N–H and O–H groups in total. The molecule has 1 aliphatic carbocycles. The number of aliphatic hydroxyl groups is 1. The van der Waals surface area contributed by atoms with Crippen LogP contribution < -0.4 is 0 Å². The number of aromatic nitrogens is 2. The smallest absolute Gasteiger partial charge is 0.131 e. The Labute approximate surface area is 188 Å². The van der Waals surface area contributed by atoms with E-state index >= 15 is 0 Å². The van der Waals surface area contributed by atoms with Crippen LogP contribution in [0.4, 0.5) is 0 Å². The zero-order chi connectivity index (χ0) is 21.9. The number of unbranched alkanes of at least 4 members (excludes halogenated alkanes) is 3. The Morgan fingerprint density at radius 3 is 2.32 bits per heavy atom. The number of nitrogens with zero attached hydrogens (tertiary/aromatic N) is 2. The highest BCUT2D eigenvalue weighted by atomic mass is 16.3. The molecule has 1 saturated carbocycles. The van der Waals surface area contributed by atoms with Crippen LogP contribution in [0.25, 0.3) is 11.1 Å². The van der Waals surface area contributed by atoms with Crippen LogP contribution in [-0.2, 0) is 0 Å². The minimum atomic E-state index is -0.236. The average molecular weight is 419 g/mol. The van der Waals surface area contributed by atoms with Gasteiger partial charge in [-0.15, -0.1) is 0 Å². The maximum absolute atomic E-state index is 9.29. The van der Waals surface area contributed by atoms with Crippen molar-refractivity contribution in [2.24, 2.45) is 5.92 Å². The van der Waals surface area contributed by atoms with Crippen molar-refractivity contribution in [3.05, 3.63) is 48.0 Å². The fourth-order valence-corrected chi connectivity index (χ4v) is 4.49. The van der Waals surface area contributed by atoms with Crippen molar-refractivity contribution in [3.63, 3.8) is 0 Å². The van der Waals surface area contributed by atoms with Gasteiger partial charge in [0.25, 0.3) is 0 Å². The summed E-state index contributed by atoms with van der Waals surface area (Å²) in [4.78, 5) is 9.45. The van der Waals surface area contributed by atoms with Crippen molar-refractivity contribution in [3.8, 4) is 23.0 Å². The maximum Gasteiger partial charge on any atom is 0.131 e. The van der Waals surface area contributed by atoms with Crippen LogP contribution >= 0.6 is 0 Å². The zero-order valence-corrected chi connectivity index (χ0v) is 19.3. The third-order valence-corrected chi connectivity index (χ3v) is 6.47. The summed E-state index contributed by atoms with van der Waals surface area (Å²) >= 11 is 0. The Hall–Kier alpha value is -2.18. The molecule has 0 bridgehead atoms. The molecule has 0 saturated heterocycles. The van der Waals surface area contributed by atoms with Crippen molar-refractivity contribution in [1.29, 1.82) is 0 Å². The van der Waals surface area contributed by atoms with Crippen LogP contribution in [0.1, 0.15) is 102 Å². The fourth-order valence-electron chi connectivity index (χ4n) is 4.49. The molecular weight excluding hydrogens is 380 g/mol. The molecule has 0 radical (unpaired) electrons. The number of rotatable bonds is 9. The summed E-state index contributed by atoms with van der Waals surface area (Å²) in [6, 6.07) is 8.31. The van der Waals surface area contributed by atoms with Crippen molar-refractivity contribution in [2.45, 2.75) is 96.5 Å². The van der Waals surface area contributed by atoms with E-state index in [0.717, 1.165) is 47.7 Å². The quantitative estimate of drug-likeness (QED) is 0.356. The van der Waals surface area contributed by atoms with Gasteiger partial charge in [0, 0.05) is 35.9 Å². The molecule has 1 unspecified atom stereocenters. The van der Waals surface area contributed by atoms with Gasteiger partial charge in [-0.25, -0.2) is 9.97 Å². The van der Waals surface area contributed by atoms with E-state index in [-0.39, 0.29) is 6.10 Å². The summed E-state index contributed by atoms with van der Waals surface area (Å²) in [5.74, 6) is 8.87. The number of aliphatic hydroxyl groups excluding tert-OH is 1. The van der Waals surface area contributed by atoms with Crippen LogP contribution in [0, 0.1) is 17.8 Å². The van der Waals surface area contributed by atoms with Gasteiger partial charge in [-0.1, -0.05) is 56.6 Å². The molecule has 1 aliphatic rings. The SMILES string of the molecule is CCCCCC1CCC(c2ncc(-c3ccc(C#CCCCC(C)O)cc3)cn2)CC1. The molecule has 1 aromatic heterocycles. The second-order valence-electron chi connectivity index (χ2n) is 9.16. The third kappa shape index (κ3) is 7.78. The predicted molar refractivity (Wildman–Crippen MR) is 129 cm³/mol. The number of benzene rings is 1. The summed E-state index contributed by atoms with van der Waals surface area (Å²) in [6.45, 7) is 4.10. The molecule has 0 aliphatic heterocycles. The van der Waals surface area contributed by atoms with Gasteiger partial charge in [0.15, 0.2) is 0 Å². The Morgan fingerprint density at radius 1 is 0.968 bits per heavy atom. The average Bonchev–Trinajstić information content (AvgIpc) is 2.80. The minimum Gasteiger partial charge on any atom is -0.393 e. The van der Waals surface area contributed by atoms with E-state index in [1.807, 2.05) is 19.3 Å². The second-order valence-corrected chi connectivity index (χ2v) is 9.16. The predicted octanol–water partition coefficient (Wildman–Crippen LogP) is 6.90. The van der Waals surface area contributed by atoms with Crippen LogP contribution in [-0.4, -0.2) is 21.2 Å². The lowest BCUT2D eigenvalue weighted by atomic mass is 9.79. The Morgan fingerprint density at radius 2 is 1.68 bits per heavy atom. The van der Waals surface area contributed by atoms with E-state index in [4.69, 9.17) is 9.97 Å². The third-order valence-electron chi connectivity index (χ3n) is 6.47. The largest absolute Gasteiger partial charge is 0.393 e. The molecule has 166 valence electrons. The zero-order valence-electron chi connectivity index (χ0n) is 19.3. The molecule has 1 fully saturated rings. The molecule has 0 spiro atoms. The van der Waals surface area contributed by atoms with Gasteiger partial charge in [-0.05, 0) is 69.1 Å². The van der Waals surface area contributed by atoms with Crippen molar-refractivity contribution in [1.82, 2.24) is 9.97 Å². The maximum atomic E-state index is 9.29. The summed E-state index contributed by atoms with van der Waals surface area (Å²) in [6.07, 6.45) is 16.9. The molecule has 3 rings (SSSR count). The molecule has 0 amide bonds. The van der Waals surface area contributed by atoms with Gasteiger partial charge in [0.1, 0.15) is 5.82 Å². The van der Waals surface area contributed by atoms with Crippen molar-refractivity contribution < 1.29 is 5.11 Å². The van der Waals surface area contributed by atoms with E-state index in [0.29, 0.717) is 5.92 Å². The molecule has 1 aromatic carbocycles. The van der Waals surface area contributed by atoms with Crippen LogP contribution in [0.5, 0.6) is 0 Å².